The lowest BCUT2D eigenvalue weighted by molar-refractivity contribution is -0.672. The third-order valence-electron chi connectivity index (χ3n) is 15.2. The number of aryl methyl sites for hydroxylation is 5. The van der Waals surface area contributed by atoms with Gasteiger partial charge in [-0.15, -0.1) is 0 Å². The highest BCUT2D eigenvalue weighted by molar-refractivity contribution is 5.71. The smallest absolute Gasteiger partial charge is 0.194 e. The maximum absolute atomic E-state index is 7.56. The predicted octanol–water partition coefficient (Wildman–Crippen LogP) is 13.2. The Bertz CT molecular complexity index is 4180. The van der Waals surface area contributed by atoms with Crippen LogP contribution in [0.4, 0.5) is 0 Å². The van der Waals surface area contributed by atoms with Crippen molar-refractivity contribution in [2.75, 3.05) is 0 Å². The van der Waals surface area contributed by atoms with E-state index in [1.807, 2.05) is 52.5 Å². The molecule has 0 radical (unpaired) electrons. The van der Waals surface area contributed by atoms with E-state index < -0.39 is 13.7 Å². The monoisotopic (exact) mass is 993 g/mol. The third-order valence-corrected chi connectivity index (χ3v) is 15.2. The normalized spacial score (nSPS) is 13.8. The van der Waals surface area contributed by atoms with E-state index >= 15 is 0 Å². The molecule has 0 aliphatic carbocycles. The Morgan fingerprint density at radius 3 is 1.37 bits per heavy atom. The van der Waals surface area contributed by atoms with Gasteiger partial charge in [-0.25, -0.2) is 0 Å². The number of nitrogens with zero attached hydrogens (tertiary/aromatic N) is 5. The summed E-state index contributed by atoms with van der Waals surface area (Å²) in [6, 6.07) is 71.4. The van der Waals surface area contributed by atoms with Crippen molar-refractivity contribution in [2.45, 2.75) is 67.2 Å². The van der Waals surface area contributed by atoms with Gasteiger partial charge < -0.3 is 0 Å². The van der Waals surface area contributed by atoms with Gasteiger partial charge in [-0.3, -0.25) is 0 Å². The van der Waals surface area contributed by atoms with E-state index in [0.29, 0.717) is 11.1 Å². The van der Waals surface area contributed by atoms with E-state index in [0.717, 1.165) is 49.7 Å². The van der Waals surface area contributed by atoms with Crippen LogP contribution in [0.1, 0.15) is 63.9 Å². The first-order valence-electron chi connectivity index (χ1n) is 29.2. The summed E-state index contributed by atoms with van der Waals surface area (Å²) < 4.78 is 55.9. The second kappa shape index (κ2) is 20.8. The van der Waals surface area contributed by atoms with E-state index in [2.05, 4.69) is 210 Å². The van der Waals surface area contributed by atoms with Crippen LogP contribution < -0.4 is 22.8 Å². The lowest BCUT2D eigenvalue weighted by Crippen LogP contribution is -2.32. The molecule has 5 aromatic heterocycles. The fraction of sp³-hybridized carbons (Fsp3) is 0.141. The molecular weight excluding hydrogens is 923 g/mol. The minimum atomic E-state index is -2.04. The Labute approximate surface area is 456 Å². The predicted molar refractivity (Wildman–Crippen MR) is 305 cm³/mol. The SMILES string of the molecule is Cc1cc2[n+](cc1-c1ccccc1)Cc1ccccc1-2.Cc1ccc[n+]2c1-c1ccccc1C2.[2H]C([2H])([2H])c1c[n+]2c(cc1C)-c1ccccc1C2.[2H]C([2H])([2H])c1ccc2[n+](c1)Cc1ccccc1-2.c1ccc2c(c1)C[n+]1ccccc1-2. The third kappa shape index (κ3) is 9.46. The molecule has 11 aromatic rings. The number of rotatable bonds is 1. The molecule has 368 valence electrons. The molecule has 76 heavy (non-hydrogen) atoms. The van der Waals surface area contributed by atoms with Crippen molar-refractivity contribution in [3.8, 4) is 67.4 Å². The summed E-state index contributed by atoms with van der Waals surface area (Å²) in [4.78, 5) is 0. The van der Waals surface area contributed by atoms with Crippen molar-refractivity contribution in [1.29, 1.82) is 0 Å². The molecule has 0 atom stereocenters. The molecule has 6 aromatic carbocycles. The molecule has 0 N–H and O–H groups in total. The number of hydrogen-bond donors (Lipinski definition) is 0. The van der Waals surface area contributed by atoms with Gasteiger partial charge in [0, 0.05) is 94.7 Å². The molecule has 16 rings (SSSR count). The Morgan fingerprint density at radius 1 is 0.303 bits per heavy atom. The Hall–Kier alpha value is -8.93. The first-order chi connectivity index (χ1) is 39.7. The fourth-order valence-corrected chi connectivity index (χ4v) is 11.4. The summed E-state index contributed by atoms with van der Waals surface area (Å²) >= 11 is 0. The van der Waals surface area contributed by atoms with Gasteiger partial charge in [0.05, 0.1) is 27.8 Å². The van der Waals surface area contributed by atoms with Gasteiger partial charge in [0.1, 0.15) is 0 Å². The number of aromatic nitrogens is 5. The molecule has 0 amide bonds. The highest BCUT2D eigenvalue weighted by Crippen LogP contribution is 2.33. The first kappa shape index (κ1) is 41.4. The molecular formula is C71H64N5+5. The lowest BCUT2D eigenvalue weighted by atomic mass is 10.0. The summed E-state index contributed by atoms with van der Waals surface area (Å²) in [5.74, 6) is 0. The molecule has 0 bridgehead atoms. The lowest BCUT2D eigenvalue weighted by Gasteiger charge is -2.05. The van der Waals surface area contributed by atoms with Crippen LogP contribution in [0.25, 0.3) is 67.4 Å². The van der Waals surface area contributed by atoms with Gasteiger partial charge >= 0.3 is 0 Å². The highest BCUT2D eigenvalue weighted by Gasteiger charge is 2.30. The van der Waals surface area contributed by atoms with Crippen LogP contribution in [0, 0.1) is 34.5 Å². The molecule has 5 heteroatoms. The van der Waals surface area contributed by atoms with Crippen molar-refractivity contribution < 1.29 is 31.1 Å². The number of hydrogen-bond acceptors (Lipinski definition) is 0. The molecule has 0 spiro atoms. The van der Waals surface area contributed by atoms with E-state index in [9.17, 15) is 0 Å². The minimum absolute atomic E-state index is 0.397. The summed E-state index contributed by atoms with van der Waals surface area (Å²) in [6.45, 7) is 6.70. The zero-order valence-corrected chi connectivity index (χ0v) is 43.3. The average molecular weight is 993 g/mol. The molecule has 0 unspecified atom stereocenters. The van der Waals surface area contributed by atoms with Crippen LogP contribution in [0.2, 0.25) is 0 Å². The van der Waals surface area contributed by atoms with Gasteiger partial charge in [0.15, 0.2) is 63.7 Å². The van der Waals surface area contributed by atoms with Crippen molar-refractivity contribution in [3.05, 3.63) is 293 Å². The van der Waals surface area contributed by atoms with Gasteiger partial charge in [-0.05, 0) is 99.7 Å². The molecule has 0 saturated heterocycles. The van der Waals surface area contributed by atoms with Crippen LogP contribution in [-0.2, 0) is 32.7 Å². The Morgan fingerprint density at radius 2 is 0.763 bits per heavy atom. The Kier molecular flexibility index (Phi) is 11.3. The molecule has 10 heterocycles. The molecule has 0 fully saturated rings. The van der Waals surface area contributed by atoms with Gasteiger partial charge in [0.2, 0.25) is 28.5 Å². The average Bonchev–Trinajstić information content (AvgIpc) is 4.51. The van der Waals surface area contributed by atoms with E-state index in [1.165, 1.54) is 95.0 Å². The highest BCUT2D eigenvalue weighted by atomic mass is 15.0. The van der Waals surface area contributed by atoms with Crippen LogP contribution in [-0.4, -0.2) is 0 Å². The Balaban J connectivity index is 0.000000102. The second-order valence-corrected chi connectivity index (χ2v) is 20.2. The molecule has 5 aliphatic rings. The molecule has 5 aliphatic heterocycles. The minimum Gasteiger partial charge on any atom is -0.194 e. The van der Waals surface area contributed by atoms with Gasteiger partial charge in [0.25, 0.3) is 0 Å². The number of benzene rings is 6. The largest absolute Gasteiger partial charge is 0.216 e. The summed E-state index contributed by atoms with van der Waals surface area (Å²) in [5.41, 5.74) is 26.5. The zero-order valence-electron chi connectivity index (χ0n) is 49.3. The summed E-state index contributed by atoms with van der Waals surface area (Å²) in [6.07, 6.45) is 10.1. The summed E-state index contributed by atoms with van der Waals surface area (Å²) in [7, 11) is 0. The number of fused-ring (bicyclic) bond motifs is 15. The van der Waals surface area contributed by atoms with Crippen LogP contribution in [0.15, 0.2) is 237 Å². The van der Waals surface area contributed by atoms with E-state index in [4.69, 9.17) is 8.22 Å². The van der Waals surface area contributed by atoms with E-state index in [-0.39, 0.29) is 0 Å². The quantitative estimate of drug-likeness (QED) is 0.146. The van der Waals surface area contributed by atoms with Crippen molar-refractivity contribution in [1.82, 2.24) is 0 Å². The van der Waals surface area contributed by atoms with Crippen molar-refractivity contribution >= 4 is 0 Å². The van der Waals surface area contributed by atoms with Gasteiger partial charge in [-0.1, -0.05) is 121 Å². The molecule has 0 saturated carbocycles. The standard InChI is InChI=1S/C19H16N.C14H14N.2C13H12N.C12H10N/c1-14-11-19-17-10-6-5-9-16(17)12-20(19)13-18(14)15-7-3-2-4-8-15;1-10-7-14-13-6-4-3-5-12(13)9-15(14)8-11(10)2;1-10-5-4-8-14-9-11-6-2-3-7-12(11)13(10)14;1-10-6-7-13-12-5-3-2-4-11(12)9-14(13)8-10;1-2-6-11-10(5-1)9-13-8-4-3-7-12(11)13/h2-11,13H,12H2,1H3;3-8H,9H2,1-2H3;2*2-8H,9H2,1H3;1-8H,9H2/q5*+1/i;2D3;;1D3;. The van der Waals surface area contributed by atoms with E-state index in [1.54, 1.807) is 18.5 Å². The topological polar surface area (TPSA) is 19.4 Å². The first-order valence-corrected chi connectivity index (χ1v) is 26.2. The van der Waals surface area contributed by atoms with Crippen LogP contribution in [0.5, 0.6) is 0 Å². The fourth-order valence-electron chi connectivity index (χ4n) is 11.4. The molecule has 5 nitrogen and oxygen atoms in total. The maximum Gasteiger partial charge on any atom is 0.216 e. The van der Waals surface area contributed by atoms with Crippen molar-refractivity contribution in [3.63, 3.8) is 0 Å². The number of pyridine rings is 5. The zero-order chi connectivity index (χ0) is 56.7. The van der Waals surface area contributed by atoms with Crippen molar-refractivity contribution in [2.24, 2.45) is 0 Å². The maximum atomic E-state index is 7.56. The van der Waals surface area contributed by atoms with Crippen LogP contribution in [0.3, 0.4) is 0 Å². The summed E-state index contributed by atoms with van der Waals surface area (Å²) in [5, 5.41) is 0. The van der Waals surface area contributed by atoms with Gasteiger partial charge in [-0.2, -0.15) is 22.8 Å². The second-order valence-electron chi connectivity index (χ2n) is 20.2. The van der Waals surface area contributed by atoms with Crippen LogP contribution >= 0.6 is 0 Å².